The van der Waals surface area contributed by atoms with Crippen LogP contribution < -0.4 is 0 Å². The van der Waals surface area contributed by atoms with Gasteiger partial charge in [-0.25, -0.2) is 0 Å². The Kier molecular flexibility index (Phi) is 26.0. The summed E-state index contributed by atoms with van der Waals surface area (Å²) in [6, 6.07) is 0. The molecule has 0 aromatic carbocycles. The fourth-order valence-corrected chi connectivity index (χ4v) is 1.16. The summed E-state index contributed by atoms with van der Waals surface area (Å²) in [4.78, 5) is 2.38. The van der Waals surface area contributed by atoms with Gasteiger partial charge in [0, 0.05) is 20.8 Å². The molecule has 1 aliphatic rings. The van der Waals surface area contributed by atoms with Crippen molar-refractivity contribution in [3.8, 4) is 0 Å². The minimum Gasteiger partial charge on any atom is -0.388 e. The summed E-state index contributed by atoms with van der Waals surface area (Å²) in [7, 11) is 5.43. The van der Waals surface area contributed by atoms with E-state index in [0.717, 1.165) is 5.92 Å². The molecule has 0 spiro atoms. The molecular weight excluding hydrogens is 174 g/mol. The van der Waals surface area contributed by atoms with Gasteiger partial charge in [-0.2, -0.15) is 0 Å². The molecule has 0 N–H and O–H groups in total. The molecule has 1 heterocycles. The maximum atomic E-state index is 4.25. The lowest BCUT2D eigenvalue weighted by Gasteiger charge is -2.03. The molecule has 1 saturated heterocycles. The van der Waals surface area contributed by atoms with E-state index in [1.54, 1.807) is 14.2 Å². The average Bonchev–Trinajstić information content (AvgIpc) is 2.58. The molecule has 0 saturated carbocycles. The Balaban J connectivity index is -0.000000148. The van der Waals surface area contributed by atoms with Crippen LogP contribution in [0.4, 0.5) is 0 Å². The maximum Gasteiger partial charge on any atom is 0.0351 e. The number of hydrogen-bond donors (Lipinski definition) is 0. The molecule has 0 radical (unpaired) electrons. The smallest absolute Gasteiger partial charge is 0.0351 e. The van der Waals surface area contributed by atoms with Crippen LogP contribution in [-0.2, 0) is 4.74 Å². The van der Waals surface area contributed by atoms with Crippen LogP contribution in [0.2, 0.25) is 0 Å². The molecule has 1 rings (SSSR count). The lowest BCUT2D eigenvalue weighted by Crippen LogP contribution is -2.12. The molecule has 0 bridgehead atoms. The third-order valence-corrected chi connectivity index (χ3v) is 1.63. The van der Waals surface area contributed by atoms with Crippen molar-refractivity contribution in [1.29, 1.82) is 0 Å². The summed E-state index contributed by atoms with van der Waals surface area (Å²) < 4.78 is 4.25. The van der Waals surface area contributed by atoms with E-state index >= 15 is 0 Å². The molecule has 1 atom stereocenters. The van der Waals surface area contributed by atoms with Crippen molar-refractivity contribution < 1.29 is 4.74 Å². The molecule has 2 heteroatoms. The molecule has 14 heavy (non-hydrogen) atoms. The minimum atomic E-state index is 0.949. The first-order valence-corrected chi connectivity index (χ1v) is 5.79. The van der Waals surface area contributed by atoms with Crippen LogP contribution in [0, 0.1) is 5.92 Å². The largest absolute Gasteiger partial charge is 0.388 e. The van der Waals surface area contributed by atoms with Gasteiger partial charge in [-0.1, -0.05) is 34.6 Å². The van der Waals surface area contributed by atoms with Gasteiger partial charge in [0.2, 0.25) is 0 Å². The fourth-order valence-electron chi connectivity index (χ4n) is 1.16. The molecule has 1 unspecified atom stereocenters. The van der Waals surface area contributed by atoms with Crippen LogP contribution in [0.15, 0.2) is 0 Å². The van der Waals surface area contributed by atoms with Gasteiger partial charge in [0.15, 0.2) is 0 Å². The van der Waals surface area contributed by atoms with Gasteiger partial charge in [-0.3, -0.25) is 0 Å². The van der Waals surface area contributed by atoms with E-state index in [1.807, 2.05) is 27.7 Å². The maximum absolute atomic E-state index is 4.25. The summed E-state index contributed by atoms with van der Waals surface area (Å²) in [6.07, 6.45) is 1.40. The Morgan fingerprint density at radius 2 is 1.43 bits per heavy atom. The number of hydrogen-bond acceptors (Lipinski definition) is 2. The highest BCUT2D eigenvalue weighted by molar-refractivity contribution is 4.67. The van der Waals surface area contributed by atoms with Gasteiger partial charge < -0.3 is 9.64 Å². The summed E-state index contributed by atoms with van der Waals surface area (Å²) in [5.74, 6) is 0.949. The van der Waals surface area contributed by atoms with Crippen molar-refractivity contribution in [1.82, 2.24) is 4.90 Å². The highest BCUT2D eigenvalue weighted by atomic mass is 16.4. The third-order valence-electron chi connectivity index (χ3n) is 1.63. The van der Waals surface area contributed by atoms with Gasteiger partial charge in [0.1, 0.15) is 0 Å². The number of ether oxygens (including phenoxy) is 1. The Hall–Kier alpha value is -0.0800. The number of rotatable bonds is 0. The first-order chi connectivity index (χ1) is 6.70. The van der Waals surface area contributed by atoms with Crippen molar-refractivity contribution in [3.05, 3.63) is 0 Å². The van der Waals surface area contributed by atoms with Crippen LogP contribution in [0.25, 0.3) is 0 Å². The molecule has 2 nitrogen and oxygen atoms in total. The van der Waals surface area contributed by atoms with Gasteiger partial charge in [-0.05, 0) is 25.9 Å². The zero-order valence-corrected chi connectivity index (χ0v) is 11.6. The summed E-state index contributed by atoms with van der Waals surface area (Å²) in [5.41, 5.74) is 0. The van der Waals surface area contributed by atoms with E-state index in [4.69, 9.17) is 0 Å². The van der Waals surface area contributed by atoms with Crippen LogP contribution in [0.5, 0.6) is 0 Å². The van der Waals surface area contributed by atoms with Gasteiger partial charge in [0.05, 0.1) is 0 Å². The van der Waals surface area contributed by atoms with E-state index in [0.29, 0.717) is 0 Å². The molecule has 0 aromatic heterocycles. The quantitative estimate of drug-likeness (QED) is 0.602. The van der Waals surface area contributed by atoms with Crippen molar-refractivity contribution >= 4 is 0 Å². The summed E-state index contributed by atoms with van der Waals surface area (Å²) in [5, 5.41) is 0. The highest BCUT2D eigenvalue weighted by Crippen LogP contribution is 2.11. The minimum absolute atomic E-state index is 0.949. The zero-order valence-electron chi connectivity index (χ0n) is 11.6. The van der Waals surface area contributed by atoms with E-state index in [-0.39, 0.29) is 0 Å². The first-order valence-electron chi connectivity index (χ1n) is 5.79. The van der Waals surface area contributed by atoms with E-state index < -0.39 is 0 Å². The van der Waals surface area contributed by atoms with E-state index in [1.165, 1.54) is 19.5 Å². The number of nitrogens with zero attached hydrogens (tertiary/aromatic N) is 1. The van der Waals surface area contributed by atoms with E-state index in [9.17, 15) is 0 Å². The van der Waals surface area contributed by atoms with Crippen molar-refractivity contribution in [2.45, 2.75) is 41.0 Å². The molecule has 1 aliphatic heterocycles. The number of methoxy groups -OCH3 is 1. The summed E-state index contributed by atoms with van der Waals surface area (Å²) in [6.45, 7) is 12.9. The molecular formula is C12H31NO. The average molecular weight is 205 g/mol. The zero-order chi connectivity index (χ0) is 12.0. The third kappa shape index (κ3) is 17.9. The Bertz CT molecular complexity index is 68.7. The van der Waals surface area contributed by atoms with Gasteiger partial charge in [0.25, 0.3) is 0 Å². The second-order valence-corrected chi connectivity index (χ2v) is 3.06. The molecule has 0 amide bonds. The topological polar surface area (TPSA) is 12.5 Å². The van der Waals surface area contributed by atoms with Gasteiger partial charge in [-0.15, -0.1) is 0 Å². The van der Waals surface area contributed by atoms with Gasteiger partial charge >= 0.3 is 0 Å². The standard InChI is InChI=1S/C6H13N.C2H6O.2C2H6/c1-6-3-4-7(2)5-6;1-3-2;2*1-2/h6H,3-5H2,1-2H3;1-2H3;2*1-2H3. The number of likely N-dealkylation sites (tertiary alicyclic amines) is 1. The van der Waals surface area contributed by atoms with Crippen molar-refractivity contribution in [2.24, 2.45) is 5.92 Å². The monoisotopic (exact) mass is 205 g/mol. The van der Waals surface area contributed by atoms with Crippen LogP contribution >= 0.6 is 0 Å². The molecule has 0 aliphatic carbocycles. The van der Waals surface area contributed by atoms with Crippen molar-refractivity contribution in [3.63, 3.8) is 0 Å². The lowest BCUT2D eigenvalue weighted by atomic mass is 10.2. The van der Waals surface area contributed by atoms with Crippen LogP contribution in [0.3, 0.4) is 0 Å². The van der Waals surface area contributed by atoms with Crippen molar-refractivity contribution in [2.75, 3.05) is 34.4 Å². The lowest BCUT2D eigenvalue weighted by molar-refractivity contribution is 0.277. The second kappa shape index (κ2) is 18.7. The molecule has 90 valence electrons. The predicted molar refractivity (Wildman–Crippen MR) is 66.9 cm³/mol. The SMILES string of the molecule is CC.CC.CC1CCN(C)C1.COC. The summed E-state index contributed by atoms with van der Waals surface area (Å²) >= 11 is 0. The Morgan fingerprint density at radius 1 is 1.07 bits per heavy atom. The normalized spacial score (nSPS) is 19.3. The van der Waals surface area contributed by atoms with Crippen LogP contribution in [-0.4, -0.2) is 39.3 Å². The van der Waals surface area contributed by atoms with Crippen LogP contribution in [0.1, 0.15) is 41.0 Å². The molecule has 0 aromatic rings. The fraction of sp³-hybridized carbons (Fsp3) is 1.00. The molecule has 1 fully saturated rings. The second-order valence-electron chi connectivity index (χ2n) is 3.06. The Morgan fingerprint density at radius 3 is 1.50 bits per heavy atom. The van der Waals surface area contributed by atoms with E-state index in [2.05, 4.69) is 23.6 Å². The first kappa shape index (κ1) is 19.5. The Labute approximate surface area is 91.6 Å². The predicted octanol–water partition coefficient (Wildman–Crippen LogP) is 3.27. The highest BCUT2D eigenvalue weighted by Gasteiger charge is 2.13.